The first kappa shape index (κ1) is 12.1. The molecule has 2 heterocycles. The SMILES string of the molecule is Fc1cnc(=S)[nH]c1-c1ccc2c(c1)OCCCO2. The number of halogens is 1. The highest BCUT2D eigenvalue weighted by Crippen LogP contribution is 2.34. The lowest BCUT2D eigenvalue weighted by molar-refractivity contribution is 0.297. The number of fused-ring (bicyclic) bond motifs is 1. The third-order valence-electron chi connectivity index (χ3n) is 2.80. The normalized spacial score (nSPS) is 13.9. The summed E-state index contributed by atoms with van der Waals surface area (Å²) in [7, 11) is 0. The molecule has 0 bridgehead atoms. The molecule has 2 aromatic rings. The van der Waals surface area contributed by atoms with Gasteiger partial charge in [-0.1, -0.05) is 0 Å². The number of H-pyrrole nitrogens is 1. The molecule has 98 valence electrons. The Labute approximate surface area is 114 Å². The number of nitrogens with one attached hydrogen (secondary N) is 1. The van der Waals surface area contributed by atoms with E-state index < -0.39 is 5.82 Å². The number of nitrogens with zero attached hydrogens (tertiary/aromatic N) is 1. The predicted octanol–water partition coefficient (Wildman–Crippen LogP) is 3.11. The van der Waals surface area contributed by atoms with Gasteiger partial charge >= 0.3 is 0 Å². The van der Waals surface area contributed by atoms with Crippen molar-refractivity contribution < 1.29 is 13.9 Å². The lowest BCUT2D eigenvalue weighted by Gasteiger charge is -2.09. The first-order valence-electron chi connectivity index (χ1n) is 5.89. The zero-order valence-electron chi connectivity index (χ0n) is 9.98. The van der Waals surface area contributed by atoms with Crippen LogP contribution in [0.3, 0.4) is 0 Å². The minimum absolute atomic E-state index is 0.239. The van der Waals surface area contributed by atoms with Crippen LogP contribution in [0.5, 0.6) is 11.5 Å². The Morgan fingerprint density at radius 1 is 1.21 bits per heavy atom. The summed E-state index contributed by atoms with van der Waals surface area (Å²) >= 11 is 4.91. The summed E-state index contributed by atoms with van der Waals surface area (Å²) in [6.45, 7) is 1.21. The van der Waals surface area contributed by atoms with Crippen LogP contribution in [0.15, 0.2) is 24.4 Å². The Bertz CT molecular complexity index is 672. The van der Waals surface area contributed by atoms with Crippen molar-refractivity contribution >= 4 is 12.2 Å². The number of aromatic nitrogens is 2. The van der Waals surface area contributed by atoms with E-state index in [9.17, 15) is 4.39 Å². The average Bonchev–Trinajstić information content (AvgIpc) is 2.66. The standard InChI is InChI=1S/C13H11FN2O2S/c14-9-7-15-13(19)16-12(9)8-2-3-10-11(6-8)18-5-1-4-17-10/h2-3,6-7H,1,4-5H2,(H,15,16,19). The third-order valence-corrected chi connectivity index (χ3v) is 3.01. The van der Waals surface area contributed by atoms with Gasteiger partial charge in [-0.3, -0.25) is 0 Å². The fourth-order valence-corrected chi connectivity index (χ4v) is 2.06. The summed E-state index contributed by atoms with van der Waals surface area (Å²) in [6.07, 6.45) is 1.94. The number of hydrogen-bond acceptors (Lipinski definition) is 4. The molecular formula is C13H11FN2O2S. The molecule has 0 unspecified atom stereocenters. The Morgan fingerprint density at radius 3 is 2.84 bits per heavy atom. The van der Waals surface area contributed by atoms with Gasteiger partial charge < -0.3 is 14.5 Å². The van der Waals surface area contributed by atoms with Crippen LogP contribution in [0.25, 0.3) is 11.3 Å². The average molecular weight is 278 g/mol. The first-order chi connectivity index (χ1) is 9.24. The van der Waals surface area contributed by atoms with Crippen LogP contribution in [0, 0.1) is 10.6 Å². The summed E-state index contributed by atoms with van der Waals surface area (Å²) in [5.74, 6) is 0.836. The second kappa shape index (κ2) is 4.97. The maximum atomic E-state index is 13.8. The summed E-state index contributed by atoms with van der Waals surface area (Å²) in [5, 5.41) is 0. The molecule has 1 aliphatic heterocycles. The molecule has 1 aromatic heterocycles. The van der Waals surface area contributed by atoms with E-state index in [1.807, 2.05) is 0 Å². The zero-order valence-corrected chi connectivity index (χ0v) is 10.8. The van der Waals surface area contributed by atoms with Crippen molar-refractivity contribution in [2.45, 2.75) is 6.42 Å². The van der Waals surface area contributed by atoms with E-state index in [4.69, 9.17) is 21.7 Å². The number of benzene rings is 1. The van der Waals surface area contributed by atoms with Crippen LogP contribution >= 0.6 is 12.2 Å². The number of rotatable bonds is 1. The Hall–Kier alpha value is -1.95. The van der Waals surface area contributed by atoms with E-state index in [0.29, 0.717) is 36.0 Å². The van der Waals surface area contributed by atoms with Crippen molar-refractivity contribution in [3.63, 3.8) is 0 Å². The second-order valence-electron chi connectivity index (χ2n) is 4.12. The first-order valence-corrected chi connectivity index (χ1v) is 6.30. The molecule has 0 amide bonds. The van der Waals surface area contributed by atoms with Crippen molar-refractivity contribution in [2.75, 3.05) is 13.2 Å². The number of aromatic amines is 1. The minimum atomic E-state index is -0.455. The van der Waals surface area contributed by atoms with E-state index in [1.165, 1.54) is 0 Å². The van der Waals surface area contributed by atoms with Gasteiger partial charge in [0.1, 0.15) is 0 Å². The molecule has 1 aromatic carbocycles. The van der Waals surface area contributed by atoms with Gasteiger partial charge in [0.25, 0.3) is 0 Å². The van der Waals surface area contributed by atoms with Crippen LogP contribution in [0.4, 0.5) is 4.39 Å². The number of hydrogen-bond donors (Lipinski definition) is 1. The van der Waals surface area contributed by atoms with Crippen molar-refractivity contribution in [2.24, 2.45) is 0 Å². The molecule has 0 saturated heterocycles. The quantitative estimate of drug-likeness (QED) is 0.814. The molecule has 1 N–H and O–H groups in total. The van der Waals surface area contributed by atoms with Crippen molar-refractivity contribution in [1.82, 2.24) is 9.97 Å². The topological polar surface area (TPSA) is 47.1 Å². The van der Waals surface area contributed by atoms with Gasteiger partial charge in [0.05, 0.1) is 25.1 Å². The van der Waals surface area contributed by atoms with E-state index in [2.05, 4.69) is 9.97 Å². The second-order valence-corrected chi connectivity index (χ2v) is 4.51. The van der Waals surface area contributed by atoms with Gasteiger partial charge in [-0.05, 0) is 30.4 Å². The lowest BCUT2D eigenvalue weighted by atomic mass is 10.1. The Balaban J connectivity index is 2.08. The zero-order chi connectivity index (χ0) is 13.2. The van der Waals surface area contributed by atoms with Crippen LogP contribution in [0.1, 0.15) is 6.42 Å². The molecule has 0 spiro atoms. The number of ether oxygens (including phenoxy) is 2. The highest BCUT2D eigenvalue weighted by Gasteiger charge is 2.13. The van der Waals surface area contributed by atoms with Gasteiger partial charge in [-0.2, -0.15) is 0 Å². The fraction of sp³-hybridized carbons (Fsp3) is 0.231. The van der Waals surface area contributed by atoms with Crippen molar-refractivity contribution in [1.29, 1.82) is 0 Å². The van der Waals surface area contributed by atoms with Crippen LogP contribution < -0.4 is 9.47 Å². The Kier molecular flexibility index (Phi) is 3.16. The molecule has 3 rings (SSSR count). The highest BCUT2D eigenvalue weighted by molar-refractivity contribution is 7.71. The molecule has 4 nitrogen and oxygen atoms in total. The maximum absolute atomic E-state index is 13.8. The molecular weight excluding hydrogens is 267 g/mol. The largest absolute Gasteiger partial charge is 0.490 e. The molecule has 0 fully saturated rings. The Morgan fingerprint density at radius 2 is 2.00 bits per heavy atom. The monoisotopic (exact) mass is 278 g/mol. The van der Waals surface area contributed by atoms with Crippen molar-refractivity contribution in [3.05, 3.63) is 35.0 Å². The van der Waals surface area contributed by atoms with Crippen LogP contribution in [-0.4, -0.2) is 23.2 Å². The molecule has 0 aliphatic carbocycles. The van der Waals surface area contributed by atoms with Crippen LogP contribution in [0.2, 0.25) is 0 Å². The van der Waals surface area contributed by atoms with E-state index in [0.717, 1.165) is 12.6 Å². The molecule has 19 heavy (non-hydrogen) atoms. The van der Waals surface area contributed by atoms with Gasteiger partial charge in [0, 0.05) is 12.0 Å². The summed E-state index contributed by atoms with van der Waals surface area (Å²) in [4.78, 5) is 6.44. The molecule has 0 atom stereocenters. The molecule has 0 saturated carbocycles. The van der Waals surface area contributed by atoms with Gasteiger partial charge in [-0.25, -0.2) is 9.37 Å². The van der Waals surface area contributed by atoms with E-state index in [-0.39, 0.29) is 4.77 Å². The maximum Gasteiger partial charge on any atom is 0.197 e. The lowest BCUT2D eigenvalue weighted by Crippen LogP contribution is -1.97. The van der Waals surface area contributed by atoms with E-state index in [1.54, 1.807) is 18.2 Å². The van der Waals surface area contributed by atoms with Crippen molar-refractivity contribution in [3.8, 4) is 22.8 Å². The molecule has 1 aliphatic rings. The summed E-state index contributed by atoms with van der Waals surface area (Å²) in [5.41, 5.74) is 0.950. The smallest absolute Gasteiger partial charge is 0.197 e. The van der Waals surface area contributed by atoms with Gasteiger partial charge in [0.2, 0.25) is 0 Å². The minimum Gasteiger partial charge on any atom is -0.490 e. The summed E-state index contributed by atoms with van der Waals surface area (Å²) in [6, 6.07) is 5.27. The third kappa shape index (κ3) is 2.44. The highest BCUT2D eigenvalue weighted by atomic mass is 32.1. The molecule has 6 heteroatoms. The molecule has 0 radical (unpaired) electrons. The summed E-state index contributed by atoms with van der Waals surface area (Å²) < 4.78 is 25.1. The van der Waals surface area contributed by atoms with E-state index >= 15 is 0 Å². The van der Waals surface area contributed by atoms with Gasteiger partial charge in [0.15, 0.2) is 22.1 Å². The van der Waals surface area contributed by atoms with Gasteiger partial charge in [-0.15, -0.1) is 0 Å². The predicted molar refractivity (Wildman–Crippen MR) is 70.4 cm³/mol. The fourth-order valence-electron chi connectivity index (χ4n) is 1.91. The van der Waals surface area contributed by atoms with Crippen LogP contribution in [-0.2, 0) is 0 Å².